The lowest BCUT2D eigenvalue weighted by Gasteiger charge is -2.22. The van der Waals surface area contributed by atoms with Crippen LogP contribution in [0.25, 0.3) is 0 Å². The highest BCUT2D eigenvalue weighted by atomic mass is 16.5. The van der Waals surface area contributed by atoms with Gasteiger partial charge in [0.25, 0.3) is 0 Å². The molecule has 0 bridgehead atoms. The van der Waals surface area contributed by atoms with Crippen molar-refractivity contribution in [3.63, 3.8) is 0 Å². The average Bonchev–Trinajstić information content (AvgIpc) is 2.53. The zero-order valence-electron chi connectivity index (χ0n) is 11.1. The van der Waals surface area contributed by atoms with Crippen molar-refractivity contribution < 1.29 is 14.3 Å². The molecule has 2 aromatic carbocycles. The van der Waals surface area contributed by atoms with Gasteiger partial charge < -0.3 is 9.47 Å². The Labute approximate surface area is 118 Å². The average molecular weight is 268 g/mol. The first-order chi connectivity index (χ1) is 9.85. The third-order valence-corrected chi connectivity index (χ3v) is 3.42. The van der Waals surface area contributed by atoms with Crippen molar-refractivity contribution in [1.29, 1.82) is 0 Å². The molecular formula is C17H16O3. The lowest BCUT2D eigenvalue weighted by atomic mass is 10.0. The number of carbonyl (C=O) groups is 1. The van der Waals surface area contributed by atoms with E-state index in [9.17, 15) is 4.79 Å². The van der Waals surface area contributed by atoms with Crippen LogP contribution < -0.4 is 9.47 Å². The zero-order valence-corrected chi connectivity index (χ0v) is 11.1. The first-order valence-corrected chi connectivity index (χ1v) is 6.77. The van der Waals surface area contributed by atoms with E-state index < -0.39 is 0 Å². The fraction of sp³-hybridized carbons (Fsp3) is 0.235. The maximum Gasteiger partial charge on any atom is 0.160 e. The van der Waals surface area contributed by atoms with Crippen LogP contribution in [0.15, 0.2) is 48.5 Å². The molecule has 1 unspecified atom stereocenters. The highest BCUT2D eigenvalue weighted by Crippen LogP contribution is 2.31. The molecule has 20 heavy (non-hydrogen) atoms. The zero-order chi connectivity index (χ0) is 13.8. The topological polar surface area (TPSA) is 35.5 Å². The van der Waals surface area contributed by atoms with Gasteiger partial charge in [-0.2, -0.15) is 0 Å². The van der Waals surface area contributed by atoms with E-state index in [4.69, 9.17) is 9.47 Å². The number of aldehydes is 1. The highest BCUT2D eigenvalue weighted by molar-refractivity contribution is 5.58. The van der Waals surface area contributed by atoms with Crippen LogP contribution in [0.1, 0.15) is 17.5 Å². The second-order valence-electron chi connectivity index (χ2n) is 4.87. The Hall–Kier alpha value is -2.29. The van der Waals surface area contributed by atoms with Crippen molar-refractivity contribution in [2.45, 2.75) is 25.6 Å². The van der Waals surface area contributed by atoms with Crippen molar-refractivity contribution in [1.82, 2.24) is 0 Å². The fourth-order valence-corrected chi connectivity index (χ4v) is 2.30. The largest absolute Gasteiger partial charge is 0.489 e. The molecular weight excluding hydrogens is 252 g/mol. The van der Waals surface area contributed by atoms with Gasteiger partial charge in [0.1, 0.15) is 18.1 Å². The molecule has 0 saturated heterocycles. The first kappa shape index (κ1) is 12.7. The first-order valence-electron chi connectivity index (χ1n) is 6.77. The van der Waals surface area contributed by atoms with E-state index in [0.717, 1.165) is 41.8 Å². The molecule has 0 fully saturated rings. The Morgan fingerprint density at radius 1 is 1.20 bits per heavy atom. The minimum Gasteiger partial charge on any atom is -0.489 e. The van der Waals surface area contributed by atoms with Crippen LogP contribution in [0.5, 0.6) is 11.5 Å². The van der Waals surface area contributed by atoms with E-state index in [1.807, 2.05) is 48.5 Å². The lowest BCUT2D eigenvalue weighted by molar-refractivity contribution is -0.114. The number of ether oxygens (including phenoxy) is 2. The maximum atomic E-state index is 10.8. The van der Waals surface area contributed by atoms with Gasteiger partial charge in [-0.05, 0) is 30.0 Å². The third-order valence-electron chi connectivity index (χ3n) is 3.42. The standard InChI is InChI=1S/C17H16O3/c18-11-16-9-7-14-6-8-15(10-17(14)20-16)19-12-13-4-2-1-3-5-13/h1-6,8,10-11,16H,7,9,12H2. The molecule has 0 aromatic heterocycles. The van der Waals surface area contributed by atoms with Gasteiger partial charge >= 0.3 is 0 Å². The van der Waals surface area contributed by atoms with Gasteiger partial charge in [0, 0.05) is 6.07 Å². The smallest absolute Gasteiger partial charge is 0.160 e. The van der Waals surface area contributed by atoms with Gasteiger partial charge in [-0.3, -0.25) is 4.79 Å². The molecule has 1 atom stereocenters. The second-order valence-corrected chi connectivity index (χ2v) is 4.87. The van der Waals surface area contributed by atoms with Crippen LogP contribution in [0.4, 0.5) is 0 Å². The summed E-state index contributed by atoms with van der Waals surface area (Å²) < 4.78 is 11.4. The summed E-state index contributed by atoms with van der Waals surface area (Å²) >= 11 is 0. The van der Waals surface area contributed by atoms with Gasteiger partial charge in [-0.15, -0.1) is 0 Å². The van der Waals surface area contributed by atoms with Gasteiger partial charge in [-0.25, -0.2) is 0 Å². The predicted molar refractivity (Wildman–Crippen MR) is 76.0 cm³/mol. The summed E-state index contributed by atoms with van der Waals surface area (Å²) in [4.78, 5) is 10.8. The Kier molecular flexibility index (Phi) is 3.68. The number of carbonyl (C=O) groups excluding carboxylic acids is 1. The van der Waals surface area contributed by atoms with Crippen molar-refractivity contribution in [3.8, 4) is 11.5 Å². The van der Waals surface area contributed by atoms with Crippen molar-refractivity contribution in [2.75, 3.05) is 0 Å². The second kappa shape index (κ2) is 5.78. The van der Waals surface area contributed by atoms with E-state index in [1.165, 1.54) is 0 Å². The van der Waals surface area contributed by atoms with Crippen LogP contribution >= 0.6 is 0 Å². The number of hydrogen-bond donors (Lipinski definition) is 0. The monoisotopic (exact) mass is 268 g/mol. The van der Waals surface area contributed by atoms with E-state index >= 15 is 0 Å². The maximum absolute atomic E-state index is 10.8. The van der Waals surface area contributed by atoms with Crippen LogP contribution in [-0.2, 0) is 17.8 Å². The fourth-order valence-electron chi connectivity index (χ4n) is 2.30. The van der Waals surface area contributed by atoms with E-state index in [-0.39, 0.29) is 6.10 Å². The summed E-state index contributed by atoms with van der Waals surface area (Å²) in [6.07, 6.45) is 2.16. The molecule has 2 aromatic rings. The highest BCUT2D eigenvalue weighted by Gasteiger charge is 2.19. The molecule has 3 nitrogen and oxygen atoms in total. The molecule has 1 aliphatic heterocycles. The lowest BCUT2D eigenvalue weighted by Crippen LogP contribution is -2.23. The van der Waals surface area contributed by atoms with Gasteiger partial charge in [0.05, 0.1) is 0 Å². The number of benzene rings is 2. The molecule has 3 heteroatoms. The van der Waals surface area contributed by atoms with Crippen LogP contribution in [0, 0.1) is 0 Å². The Morgan fingerprint density at radius 3 is 2.85 bits per heavy atom. The SMILES string of the molecule is O=CC1CCc2ccc(OCc3ccccc3)cc2O1. The van der Waals surface area contributed by atoms with Crippen molar-refractivity contribution in [2.24, 2.45) is 0 Å². The minimum atomic E-state index is -0.327. The quantitative estimate of drug-likeness (QED) is 0.799. The van der Waals surface area contributed by atoms with Crippen LogP contribution in [0.3, 0.4) is 0 Å². The van der Waals surface area contributed by atoms with E-state index in [0.29, 0.717) is 6.61 Å². The number of rotatable bonds is 4. The number of hydrogen-bond acceptors (Lipinski definition) is 3. The number of fused-ring (bicyclic) bond motifs is 1. The van der Waals surface area contributed by atoms with Crippen molar-refractivity contribution in [3.05, 3.63) is 59.7 Å². The predicted octanol–water partition coefficient (Wildman–Crippen LogP) is 3.16. The minimum absolute atomic E-state index is 0.327. The van der Waals surface area contributed by atoms with E-state index in [1.54, 1.807) is 0 Å². The van der Waals surface area contributed by atoms with E-state index in [2.05, 4.69) is 0 Å². The Balaban J connectivity index is 1.70. The molecule has 0 amide bonds. The molecule has 1 aliphatic rings. The molecule has 102 valence electrons. The molecule has 0 N–H and O–H groups in total. The van der Waals surface area contributed by atoms with Crippen LogP contribution in [0.2, 0.25) is 0 Å². The molecule has 0 aliphatic carbocycles. The molecule has 1 heterocycles. The normalized spacial score (nSPS) is 16.9. The van der Waals surface area contributed by atoms with Gasteiger partial charge in [0.15, 0.2) is 12.4 Å². The summed E-state index contributed by atoms with van der Waals surface area (Å²) in [5.74, 6) is 1.53. The summed E-state index contributed by atoms with van der Waals surface area (Å²) in [5.41, 5.74) is 2.26. The number of aryl methyl sites for hydroxylation is 1. The molecule has 3 rings (SSSR count). The Bertz CT molecular complexity index is 592. The van der Waals surface area contributed by atoms with Crippen LogP contribution in [-0.4, -0.2) is 12.4 Å². The summed E-state index contributed by atoms with van der Waals surface area (Å²) in [6, 6.07) is 15.8. The van der Waals surface area contributed by atoms with Gasteiger partial charge in [-0.1, -0.05) is 36.4 Å². The van der Waals surface area contributed by atoms with Crippen molar-refractivity contribution >= 4 is 6.29 Å². The Morgan fingerprint density at radius 2 is 2.05 bits per heavy atom. The summed E-state index contributed by atoms with van der Waals surface area (Å²) in [6.45, 7) is 0.525. The molecule has 0 saturated carbocycles. The van der Waals surface area contributed by atoms with Gasteiger partial charge in [0.2, 0.25) is 0 Å². The molecule has 0 radical (unpaired) electrons. The summed E-state index contributed by atoms with van der Waals surface area (Å²) in [7, 11) is 0. The molecule has 0 spiro atoms. The third kappa shape index (κ3) is 2.82. The summed E-state index contributed by atoms with van der Waals surface area (Å²) in [5, 5.41) is 0.